The highest BCUT2D eigenvalue weighted by molar-refractivity contribution is 6.03. The molecular formula is C29H37FN6O3. The summed E-state index contributed by atoms with van der Waals surface area (Å²) in [5.41, 5.74) is 1.54. The Kier molecular flexibility index (Phi) is 6.81. The number of alkyl halides is 1. The van der Waals surface area contributed by atoms with Gasteiger partial charge in [-0.15, -0.1) is 0 Å². The summed E-state index contributed by atoms with van der Waals surface area (Å²) >= 11 is 0. The van der Waals surface area contributed by atoms with E-state index in [1.54, 1.807) is 36.4 Å². The summed E-state index contributed by atoms with van der Waals surface area (Å²) in [6.45, 7) is 0.363. The second-order valence-corrected chi connectivity index (χ2v) is 11.7. The van der Waals surface area contributed by atoms with Crippen molar-refractivity contribution in [1.29, 1.82) is 0 Å². The number of hydrogen-bond donors (Lipinski definition) is 2. The van der Waals surface area contributed by atoms with E-state index in [0.29, 0.717) is 42.0 Å². The van der Waals surface area contributed by atoms with Gasteiger partial charge in [-0.1, -0.05) is 12.8 Å². The number of aromatic nitrogens is 2. The van der Waals surface area contributed by atoms with Crippen LogP contribution in [0.25, 0.3) is 0 Å². The van der Waals surface area contributed by atoms with Gasteiger partial charge in [0, 0.05) is 31.2 Å². The molecule has 0 radical (unpaired) electrons. The number of carbonyl (C=O) groups is 2. The van der Waals surface area contributed by atoms with Crippen LogP contribution < -0.4 is 25.2 Å². The van der Waals surface area contributed by atoms with Crippen LogP contribution in [0.1, 0.15) is 68.1 Å². The van der Waals surface area contributed by atoms with Gasteiger partial charge >= 0.3 is 0 Å². The lowest BCUT2D eigenvalue weighted by Gasteiger charge is -2.31. The zero-order valence-corrected chi connectivity index (χ0v) is 22.7. The Balaban J connectivity index is 1.24. The van der Waals surface area contributed by atoms with Crippen LogP contribution in [0.3, 0.4) is 0 Å². The van der Waals surface area contributed by atoms with E-state index < -0.39 is 0 Å². The largest absolute Gasteiger partial charge is 0.495 e. The number of nitrogens with one attached hydrogen (secondary N) is 2. The summed E-state index contributed by atoms with van der Waals surface area (Å²) in [6.07, 6.45) is 10.4. The highest BCUT2D eigenvalue weighted by atomic mass is 19.1. The third-order valence-electron chi connectivity index (χ3n) is 9.04. The van der Waals surface area contributed by atoms with Crippen molar-refractivity contribution in [3.05, 3.63) is 30.0 Å². The second-order valence-electron chi connectivity index (χ2n) is 11.7. The summed E-state index contributed by atoms with van der Waals surface area (Å²) in [5.74, 6) is 1.68. The molecule has 10 heteroatoms. The van der Waals surface area contributed by atoms with Crippen LogP contribution in [0, 0.1) is 11.3 Å². The van der Waals surface area contributed by atoms with Crippen LogP contribution in [0.2, 0.25) is 0 Å². The van der Waals surface area contributed by atoms with Crippen molar-refractivity contribution in [1.82, 2.24) is 15.3 Å². The molecule has 1 spiro atoms. The van der Waals surface area contributed by atoms with E-state index in [-0.39, 0.29) is 35.9 Å². The molecule has 208 valence electrons. The van der Waals surface area contributed by atoms with Gasteiger partial charge in [0.15, 0.2) is 5.82 Å². The Morgan fingerprint density at radius 1 is 1.21 bits per heavy atom. The van der Waals surface area contributed by atoms with Gasteiger partial charge in [-0.3, -0.25) is 14.0 Å². The van der Waals surface area contributed by atoms with Crippen molar-refractivity contribution in [2.24, 2.45) is 11.3 Å². The van der Waals surface area contributed by atoms with Crippen LogP contribution in [-0.2, 0) is 4.79 Å². The third-order valence-corrected chi connectivity index (χ3v) is 9.04. The average Bonchev–Trinajstić information content (AvgIpc) is 3.33. The van der Waals surface area contributed by atoms with E-state index >= 15 is 0 Å². The molecule has 2 amide bonds. The van der Waals surface area contributed by atoms with E-state index in [0.717, 1.165) is 50.0 Å². The molecule has 6 rings (SSSR count). The number of benzene rings is 1. The molecule has 0 bridgehead atoms. The summed E-state index contributed by atoms with van der Waals surface area (Å²) in [6, 6.07) is 5.58. The Hall–Kier alpha value is -3.43. The fraction of sp³-hybridized carbons (Fsp3) is 0.586. The molecule has 3 fully saturated rings. The molecule has 39 heavy (non-hydrogen) atoms. The monoisotopic (exact) mass is 536 g/mol. The summed E-state index contributed by atoms with van der Waals surface area (Å²) < 4.78 is 18.6. The maximum Gasteiger partial charge on any atom is 0.251 e. The Morgan fingerprint density at radius 2 is 2.00 bits per heavy atom. The van der Waals surface area contributed by atoms with Crippen molar-refractivity contribution >= 4 is 35.0 Å². The standard InChI is InChI=1S/C29H37FN6O3/c1-35-23-16-31-28(34-25(23)36(21-5-3-4-6-21)17-29(11-12-29)27(35)38)33-22-10-8-19(14-24(22)39-2)26(37)32-20-9-7-18(13-20)15-30/h8,10,14,16,18,20-21H,3-7,9,11-13,15,17H2,1-2H3,(H,32,37)(H,31,33,34). The molecule has 4 aliphatic rings. The molecule has 1 aromatic heterocycles. The predicted molar refractivity (Wildman–Crippen MR) is 148 cm³/mol. The smallest absolute Gasteiger partial charge is 0.251 e. The van der Waals surface area contributed by atoms with Gasteiger partial charge < -0.3 is 25.2 Å². The first-order chi connectivity index (χ1) is 18.9. The Morgan fingerprint density at radius 3 is 2.69 bits per heavy atom. The van der Waals surface area contributed by atoms with Crippen molar-refractivity contribution in [2.45, 2.75) is 69.9 Å². The van der Waals surface area contributed by atoms with E-state index in [4.69, 9.17) is 9.72 Å². The summed E-state index contributed by atoms with van der Waals surface area (Å²) in [7, 11) is 3.38. The number of anilines is 4. The zero-order valence-electron chi connectivity index (χ0n) is 22.7. The van der Waals surface area contributed by atoms with E-state index in [2.05, 4.69) is 20.5 Å². The average molecular weight is 537 g/mol. The van der Waals surface area contributed by atoms with E-state index in [1.807, 2.05) is 7.05 Å². The topological polar surface area (TPSA) is 99.7 Å². The minimum absolute atomic E-state index is 0.00220. The lowest BCUT2D eigenvalue weighted by molar-refractivity contribution is -0.122. The number of ether oxygens (including phenoxy) is 1. The van der Waals surface area contributed by atoms with Crippen LogP contribution >= 0.6 is 0 Å². The van der Waals surface area contributed by atoms with Gasteiger partial charge in [0.25, 0.3) is 5.91 Å². The Bertz CT molecular complexity index is 1260. The van der Waals surface area contributed by atoms with Gasteiger partial charge in [0.05, 0.1) is 31.1 Å². The molecule has 2 unspecified atom stereocenters. The number of carbonyl (C=O) groups excluding carboxylic acids is 2. The first-order valence-corrected chi connectivity index (χ1v) is 14.1. The van der Waals surface area contributed by atoms with Crippen molar-refractivity contribution < 1.29 is 18.7 Å². The van der Waals surface area contributed by atoms with Gasteiger partial charge in [-0.2, -0.15) is 4.98 Å². The number of rotatable bonds is 7. The molecule has 2 N–H and O–H groups in total. The minimum Gasteiger partial charge on any atom is -0.495 e. The normalized spacial score (nSPS) is 24.0. The fourth-order valence-corrected chi connectivity index (χ4v) is 6.52. The van der Waals surface area contributed by atoms with E-state index in [9.17, 15) is 14.0 Å². The maximum atomic E-state index is 13.3. The van der Waals surface area contributed by atoms with Gasteiger partial charge in [0.1, 0.15) is 11.4 Å². The van der Waals surface area contributed by atoms with E-state index in [1.165, 1.54) is 12.8 Å². The molecule has 0 saturated heterocycles. The lowest BCUT2D eigenvalue weighted by atomic mass is 10.0. The number of hydrogen-bond acceptors (Lipinski definition) is 7. The maximum absolute atomic E-state index is 13.3. The number of methoxy groups -OCH3 is 1. The Labute approximate surface area is 228 Å². The molecule has 2 heterocycles. The molecule has 3 saturated carbocycles. The molecule has 2 atom stereocenters. The van der Waals surface area contributed by atoms with Crippen LogP contribution in [-0.4, -0.2) is 61.2 Å². The highest BCUT2D eigenvalue weighted by Gasteiger charge is 2.55. The molecule has 3 aliphatic carbocycles. The molecule has 1 aromatic carbocycles. The minimum atomic E-state index is -0.336. The third kappa shape index (κ3) is 4.89. The number of fused-ring (bicyclic) bond motifs is 1. The number of halogens is 1. The summed E-state index contributed by atoms with van der Waals surface area (Å²) in [5, 5.41) is 6.30. The summed E-state index contributed by atoms with van der Waals surface area (Å²) in [4.78, 5) is 39.7. The fourth-order valence-electron chi connectivity index (χ4n) is 6.52. The van der Waals surface area contributed by atoms with Gasteiger partial charge in [-0.05, 0) is 69.1 Å². The molecular weight excluding hydrogens is 499 g/mol. The molecule has 2 aromatic rings. The van der Waals surface area contributed by atoms with Crippen LogP contribution in [0.4, 0.5) is 27.5 Å². The quantitative estimate of drug-likeness (QED) is 0.533. The van der Waals surface area contributed by atoms with Crippen molar-refractivity contribution in [3.63, 3.8) is 0 Å². The van der Waals surface area contributed by atoms with Crippen LogP contribution in [0.5, 0.6) is 5.75 Å². The SMILES string of the molecule is COc1cc(C(=O)NC2CCC(CF)C2)ccc1Nc1ncc2c(n1)N(C1CCCC1)CC1(CC1)C(=O)N2C. The van der Waals surface area contributed by atoms with Crippen molar-refractivity contribution in [3.8, 4) is 5.75 Å². The van der Waals surface area contributed by atoms with Gasteiger partial charge in [-0.25, -0.2) is 4.98 Å². The first kappa shape index (κ1) is 25.8. The molecule has 9 nitrogen and oxygen atoms in total. The van der Waals surface area contributed by atoms with Gasteiger partial charge in [0.2, 0.25) is 11.9 Å². The number of amides is 2. The lowest BCUT2D eigenvalue weighted by Crippen LogP contribution is -2.41. The zero-order chi connectivity index (χ0) is 27.1. The van der Waals surface area contributed by atoms with Crippen LogP contribution in [0.15, 0.2) is 24.4 Å². The molecule has 1 aliphatic heterocycles. The highest BCUT2D eigenvalue weighted by Crippen LogP contribution is 2.52. The number of nitrogens with zero attached hydrogens (tertiary/aromatic N) is 4. The predicted octanol–water partition coefficient (Wildman–Crippen LogP) is 4.60. The van der Waals surface area contributed by atoms with Crippen molar-refractivity contribution in [2.75, 3.05) is 42.5 Å². The first-order valence-electron chi connectivity index (χ1n) is 14.1. The second kappa shape index (κ2) is 10.3.